The van der Waals surface area contributed by atoms with E-state index in [0.29, 0.717) is 17.6 Å². The Morgan fingerprint density at radius 3 is 2.47 bits per heavy atom. The molecule has 1 aliphatic rings. The Hall–Kier alpha value is -0.120. The molecule has 0 saturated heterocycles. The molecule has 0 amide bonds. The highest BCUT2D eigenvalue weighted by Gasteiger charge is 2.28. The van der Waals surface area contributed by atoms with Crippen molar-refractivity contribution in [2.45, 2.75) is 59.1 Å². The molecule has 0 unspecified atom stereocenters. The van der Waals surface area contributed by atoms with Crippen LogP contribution in [-0.2, 0) is 9.47 Å². The molecule has 1 N–H and O–H groups in total. The van der Waals surface area contributed by atoms with Gasteiger partial charge in [-0.25, -0.2) is 0 Å². The Morgan fingerprint density at radius 2 is 1.88 bits per heavy atom. The van der Waals surface area contributed by atoms with E-state index in [1.807, 2.05) is 0 Å². The molecule has 17 heavy (non-hydrogen) atoms. The van der Waals surface area contributed by atoms with E-state index in [9.17, 15) is 0 Å². The van der Waals surface area contributed by atoms with Crippen molar-refractivity contribution in [2.75, 3.05) is 26.4 Å². The van der Waals surface area contributed by atoms with Crippen molar-refractivity contribution in [1.29, 1.82) is 0 Å². The lowest BCUT2D eigenvalue weighted by atomic mass is 9.89. The van der Waals surface area contributed by atoms with Crippen LogP contribution >= 0.6 is 0 Å². The van der Waals surface area contributed by atoms with Gasteiger partial charge in [0.1, 0.15) is 0 Å². The Kier molecular flexibility index (Phi) is 6.45. The van der Waals surface area contributed by atoms with E-state index < -0.39 is 0 Å². The zero-order chi connectivity index (χ0) is 12.7. The van der Waals surface area contributed by atoms with Crippen LogP contribution in [0.2, 0.25) is 0 Å². The maximum absolute atomic E-state index is 5.74. The summed E-state index contributed by atoms with van der Waals surface area (Å²) in [6.45, 7) is 12.2. The van der Waals surface area contributed by atoms with Crippen molar-refractivity contribution in [2.24, 2.45) is 5.41 Å². The van der Waals surface area contributed by atoms with Gasteiger partial charge in [0.05, 0.1) is 25.9 Å². The molecule has 0 heterocycles. The minimum atomic E-state index is 0.298. The second kappa shape index (κ2) is 7.34. The van der Waals surface area contributed by atoms with Crippen LogP contribution in [0.15, 0.2) is 0 Å². The molecule has 0 atom stereocenters. The first-order valence-corrected chi connectivity index (χ1v) is 7.00. The van der Waals surface area contributed by atoms with Gasteiger partial charge in [0.15, 0.2) is 0 Å². The molecule has 3 heteroatoms. The second-order valence-electron chi connectivity index (χ2n) is 5.79. The van der Waals surface area contributed by atoms with Gasteiger partial charge in [-0.1, -0.05) is 27.7 Å². The van der Waals surface area contributed by atoms with E-state index in [2.05, 4.69) is 33.0 Å². The fraction of sp³-hybridized carbons (Fsp3) is 1.00. The third-order valence-corrected chi connectivity index (χ3v) is 3.62. The van der Waals surface area contributed by atoms with Crippen LogP contribution in [-0.4, -0.2) is 38.5 Å². The highest BCUT2D eigenvalue weighted by Crippen LogP contribution is 2.23. The number of nitrogens with one attached hydrogen (secondary N) is 1. The van der Waals surface area contributed by atoms with Gasteiger partial charge in [-0.2, -0.15) is 0 Å². The molecule has 102 valence electrons. The van der Waals surface area contributed by atoms with Crippen molar-refractivity contribution in [3.63, 3.8) is 0 Å². The molecule has 0 aliphatic heterocycles. The molecule has 0 aromatic rings. The molecule has 0 aromatic heterocycles. The number of hydrogen-bond acceptors (Lipinski definition) is 3. The summed E-state index contributed by atoms with van der Waals surface area (Å²) in [5, 5.41) is 3.43. The van der Waals surface area contributed by atoms with Crippen molar-refractivity contribution in [3.05, 3.63) is 0 Å². The van der Waals surface area contributed by atoms with Crippen LogP contribution < -0.4 is 5.32 Å². The lowest BCUT2D eigenvalue weighted by Gasteiger charge is -2.35. The average Bonchev–Trinajstić information content (AvgIpc) is 2.24. The first-order chi connectivity index (χ1) is 8.07. The number of hydrogen-bond donors (Lipinski definition) is 1. The van der Waals surface area contributed by atoms with Crippen LogP contribution in [0, 0.1) is 5.41 Å². The van der Waals surface area contributed by atoms with Gasteiger partial charge in [-0.05, 0) is 31.2 Å². The predicted molar refractivity (Wildman–Crippen MR) is 71.3 cm³/mol. The first-order valence-electron chi connectivity index (χ1n) is 7.00. The molecular weight excluding hydrogens is 214 g/mol. The van der Waals surface area contributed by atoms with Crippen LogP contribution in [0.1, 0.15) is 47.0 Å². The van der Waals surface area contributed by atoms with E-state index in [1.165, 1.54) is 0 Å². The Balaban J connectivity index is 1.89. The minimum Gasteiger partial charge on any atom is -0.379 e. The maximum atomic E-state index is 5.74. The summed E-state index contributed by atoms with van der Waals surface area (Å²) in [4.78, 5) is 0. The topological polar surface area (TPSA) is 30.5 Å². The van der Waals surface area contributed by atoms with Gasteiger partial charge in [0, 0.05) is 6.04 Å². The fourth-order valence-electron chi connectivity index (χ4n) is 1.88. The molecule has 3 nitrogen and oxygen atoms in total. The van der Waals surface area contributed by atoms with Crippen LogP contribution in [0.25, 0.3) is 0 Å². The van der Waals surface area contributed by atoms with Crippen LogP contribution in [0.3, 0.4) is 0 Å². The summed E-state index contributed by atoms with van der Waals surface area (Å²) in [7, 11) is 0. The lowest BCUT2D eigenvalue weighted by molar-refractivity contribution is -0.0504. The van der Waals surface area contributed by atoms with E-state index >= 15 is 0 Å². The standard InChI is InChI=1S/C14H29NO2/c1-5-14(3,4)11-16-7-8-17-13-9-12(10-13)15-6-2/h12-13,15H,5-11H2,1-4H3. The molecule has 0 spiro atoms. The van der Waals surface area contributed by atoms with Crippen LogP contribution in [0.5, 0.6) is 0 Å². The van der Waals surface area contributed by atoms with E-state index in [1.54, 1.807) is 0 Å². The Bertz CT molecular complexity index is 200. The molecule has 0 aromatic carbocycles. The Morgan fingerprint density at radius 1 is 1.18 bits per heavy atom. The lowest BCUT2D eigenvalue weighted by Crippen LogP contribution is -2.45. The number of rotatable bonds is 9. The highest BCUT2D eigenvalue weighted by molar-refractivity contribution is 4.85. The largest absolute Gasteiger partial charge is 0.379 e. The van der Waals surface area contributed by atoms with Gasteiger partial charge in [0.2, 0.25) is 0 Å². The van der Waals surface area contributed by atoms with Crippen molar-refractivity contribution < 1.29 is 9.47 Å². The highest BCUT2D eigenvalue weighted by atomic mass is 16.5. The van der Waals surface area contributed by atoms with Crippen molar-refractivity contribution in [1.82, 2.24) is 5.32 Å². The van der Waals surface area contributed by atoms with E-state index in [0.717, 1.165) is 45.6 Å². The van der Waals surface area contributed by atoms with E-state index in [-0.39, 0.29) is 0 Å². The van der Waals surface area contributed by atoms with Crippen molar-refractivity contribution >= 4 is 0 Å². The molecule has 1 saturated carbocycles. The molecule has 1 rings (SSSR count). The second-order valence-corrected chi connectivity index (χ2v) is 5.79. The third-order valence-electron chi connectivity index (χ3n) is 3.62. The number of ether oxygens (including phenoxy) is 2. The average molecular weight is 243 g/mol. The summed E-state index contributed by atoms with van der Waals surface area (Å²) >= 11 is 0. The summed E-state index contributed by atoms with van der Waals surface area (Å²) in [6.07, 6.45) is 3.94. The van der Waals surface area contributed by atoms with Gasteiger partial charge < -0.3 is 14.8 Å². The predicted octanol–water partition coefficient (Wildman–Crippen LogP) is 2.60. The smallest absolute Gasteiger partial charge is 0.0704 e. The monoisotopic (exact) mass is 243 g/mol. The van der Waals surface area contributed by atoms with Gasteiger partial charge >= 0.3 is 0 Å². The fourth-order valence-corrected chi connectivity index (χ4v) is 1.88. The maximum Gasteiger partial charge on any atom is 0.0704 e. The van der Waals surface area contributed by atoms with Gasteiger partial charge in [-0.3, -0.25) is 0 Å². The molecule has 0 radical (unpaired) electrons. The van der Waals surface area contributed by atoms with E-state index in [4.69, 9.17) is 9.47 Å². The Labute approximate surface area is 106 Å². The first kappa shape index (κ1) is 14.9. The molecular formula is C14H29NO2. The third kappa shape index (κ3) is 5.84. The molecule has 1 fully saturated rings. The summed E-state index contributed by atoms with van der Waals surface area (Å²) in [6, 6.07) is 0.685. The quantitative estimate of drug-likeness (QED) is 0.631. The minimum absolute atomic E-state index is 0.298. The normalized spacial score (nSPS) is 24.7. The summed E-state index contributed by atoms with van der Waals surface area (Å²) in [5.74, 6) is 0. The van der Waals surface area contributed by atoms with Gasteiger partial charge in [0.25, 0.3) is 0 Å². The van der Waals surface area contributed by atoms with Crippen LogP contribution in [0.4, 0.5) is 0 Å². The zero-order valence-electron chi connectivity index (χ0n) is 11.9. The summed E-state index contributed by atoms with van der Waals surface area (Å²) < 4.78 is 11.4. The SMILES string of the molecule is CCNC1CC(OCCOCC(C)(C)CC)C1. The molecule has 0 bridgehead atoms. The zero-order valence-corrected chi connectivity index (χ0v) is 11.9. The summed E-state index contributed by atoms with van der Waals surface area (Å²) in [5.41, 5.74) is 0.298. The molecule has 1 aliphatic carbocycles. The van der Waals surface area contributed by atoms with Gasteiger partial charge in [-0.15, -0.1) is 0 Å². The van der Waals surface area contributed by atoms with Crippen molar-refractivity contribution in [3.8, 4) is 0 Å².